The van der Waals surface area contributed by atoms with Crippen molar-refractivity contribution in [1.82, 2.24) is 4.90 Å². The summed E-state index contributed by atoms with van der Waals surface area (Å²) in [6.45, 7) is 12.8. The third kappa shape index (κ3) is 23.7. The molecule has 1 aliphatic heterocycles. The fraction of sp³-hybridized carbons (Fsp3) is 0.976. The number of quaternary nitrogens is 1. The Bertz CT molecular complexity index is 585. The highest BCUT2D eigenvalue weighted by Crippen LogP contribution is 2.22. The van der Waals surface area contributed by atoms with Gasteiger partial charge in [-0.15, -0.1) is 0 Å². The van der Waals surface area contributed by atoms with Gasteiger partial charge in [0.15, 0.2) is 6.67 Å². The highest BCUT2D eigenvalue weighted by Gasteiger charge is 2.33. The first-order valence-electron chi connectivity index (χ1n) is 20.8. The van der Waals surface area contributed by atoms with Crippen molar-refractivity contribution in [3.05, 3.63) is 0 Å². The van der Waals surface area contributed by atoms with Gasteiger partial charge in [0.2, 0.25) is 5.91 Å². The third-order valence-electron chi connectivity index (χ3n) is 10.6. The molecule has 0 spiro atoms. The van der Waals surface area contributed by atoms with E-state index in [9.17, 15) is 4.79 Å². The lowest BCUT2D eigenvalue weighted by atomic mass is 10.0. The van der Waals surface area contributed by atoms with Crippen LogP contribution in [0.15, 0.2) is 0 Å². The number of hydrogen-bond donors (Lipinski definition) is 0. The van der Waals surface area contributed by atoms with Gasteiger partial charge in [-0.2, -0.15) is 0 Å². The molecule has 0 saturated carbocycles. The van der Waals surface area contributed by atoms with Crippen LogP contribution in [0.1, 0.15) is 226 Å². The molecule has 0 aromatic carbocycles. The van der Waals surface area contributed by atoms with Crippen LogP contribution >= 0.6 is 0 Å². The average Bonchev–Trinajstić information content (AvgIpc) is 3.43. The summed E-state index contributed by atoms with van der Waals surface area (Å²) in [5.74, 6) is 0.431. The van der Waals surface area contributed by atoms with Crippen LogP contribution in [0.2, 0.25) is 0 Å². The van der Waals surface area contributed by atoms with Gasteiger partial charge in [0.1, 0.15) is 0 Å². The van der Waals surface area contributed by atoms with Gasteiger partial charge in [-0.1, -0.05) is 175 Å². The van der Waals surface area contributed by atoms with Crippen molar-refractivity contribution in [2.75, 3.05) is 32.8 Å². The molecule has 0 bridgehead atoms. The van der Waals surface area contributed by atoms with E-state index < -0.39 is 0 Å². The van der Waals surface area contributed by atoms with Gasteiger partial charge in [0.25, 0.3) is 0 Å². The lowest BCUT2D eigenvalue weighted by Gasteiger charge is -2.41. The maximum absolute atomic E-state index is 12.8. The van der Waals surface area contributed by atoms with E-state index in [1.807, 2.05) is 0 Å². The Morgan fingerprint density at radius 2 is 0.705 bits per heavy atom. The second-order valence-electron chi connectivity index (χ2n) is 15.0. The third-order valence-corrected chi connectivity index (χ3v) is 10.6. The molecule has 0 unspecified atom stereocenters. The summed E-state index contributed by atoms with van der Waals surface area (Å²) >= 11 is 0. The number of rotatable bonds is 35. The zero-order chi connectivity index (χ0) is 31.8. The summed E-state index contributed by atoms with van der Waals surface area (Å²) in [4.78, 5) is 15.0. The first kappa shape index (κ1) is 41.5. The molecule has 3 heteroatoms. The maximum atomic E-state index is 12.8. The van der Waals surface area contributed by atoms with Crippen LogP contribution in [-0.2, 0) is 4.79 Å². The predicted octanol–water partition coefficient (Wildman–Crippen LogP) is 13.1. The Balaban J connectivity index is 2.49. The van der Waals surface area contributed by atoms with E-state index in [4.69, 9.17) is 0 Å². The molecule has 0 radical (unpaired) electrons. The zero-order valence-electron chi connectivity index (χ0n) is 31.0. The summed E-state index contributed by atoms with van der Waals surface area (Å²) < 4.78 is 1.20. The van der Waals surface area contributed by atoms with E-state index >= 15 is 0 Å². The van der Waals surface area contributed by atoms with E-state index in [-0.39, 0.29) is 0 Å². The van der Waals surface area contributed by atoms with E-state index in [0.29, 0.717) is 5.91 Å². The molecule has 1 fully saturated rings. The lowest BCUT2D eigenvalue weighted by Crippen LogP contribution is -2.56. The molecule has 0 aromatic rings. The normalized spacial score (nSPS) is 13.9. The maximum Gasteiger partial charge on any atom is 0.226 e. The molecule has 1 amide bonds. The molecule has 0 aliphatic carbocycles. The summed E-state index contributed by atoms with van der Waals surface area (Å²) in [7, 11) is 0. The van der Waals surface area contributed by atoms with Gasteiger partial charge in [-0.3, -0.25) is 9.69 Å². The van der Waals surface area contributed by atoms with Crippen LogP contribution in [0.4, 0.5) is 0 Å². The van der Waals surface area contributed by atoms with Crippen LogP contribution < -0.4 is 0 Å². The van der Waals surface area contributed by atoms with E-state index in [2.05, 4.69) is 25.7 Å². The molecule has 3 nitrogen and oxygen atoms in total. The lowest BCUT2D eigenvalue weighted by molar-refractivity contribution is -0.936. The van der Waals surface area contributed by atoms with Crippen molar-refractivity contribution in [3.8, 4) is 0 Å². The standard InChI is InChI=1S/C41H83N2O/c1-4-7-10-13-16-19-20-21-22-23-24-27-30-33-39-43(40-42-36-34-35-41(42)44,37-31-28-25-17-14-11-8-5-2)38-32-29-26-18-15-12-9-6-3/h4-40H2,1-3H3/q+1. The predicted molar refractivity (Wildman–Crippen MR) is 196 cm³/mol. The number of carbonyl (C=O) groups excluding carboxylic acids is 1. The molecular weight excluding hydrogens is 536 g/mol. The van der Waals surface area contributed by atoms with Crippen LogP contribution in [0.25, 0.3) is 0 Å². The second kappa shape index (κ2) is 31.1. The van der Waals surface area contributed by atoms with Gasteiger partial charge in [-0.25, -0.2) is 0 Å². The Labute approximate surface area is 278 Å². The van der Waals surface area contributed by atoms with Crippen molar-refractivity contribution in [2.45, 2.75) is 226 Å². The fourth-order valence-corrected chi connectivity index (χ4v) is 7.57. The van der Waals surface area contributed by atoms with Crippen molar-refractivity contribution >= 4 is 5.91 Å². The Hall–Kier alpha value is -0.570. The van der Waals surface area contributed by atoms with Crippen molar-refractivity contribution in [1.29, 1.82) is 0 Å². The van der Waals surface area contributed by atoms with E-state index in [0.717, 1.165) is 26.1 Å². The van der Waals surface area contributed by atoms with Gasteiger partial charge in [-0.05, 0) is 44.9 Å². The van der Waals surface area contributed by atoms with Crippen LogP contribution in [-0.4, -0.2) is 48.1 Å². The average molecular weight is 620 g/mol. The molecule has 1 heterocycles. The quantitative estimate of drug-likeness (QED) is 0.0510. The largest absolute Gasteiger partial charge is 0.306 e. The summed E-state index contributed by atoms with van der Waals surface area (Å²) in [5.41, 5.74) is 0. The molecule has 1 aliphatic rings. The molecule has 0 aromatic heterocycles. The minimum Gasteiger partial charge on any atom is -0.306 e. The van der Waals surface area contributed by atoms with E-state index in [1.54, 1.807) is 0 Å². The second-order valence-corrected chi connectivity index (χ2v) is 15.0. The number of nitrogens with zero attached hydrogens (tertiary/aromatic N) is 2. The van der Waals surface area contributed by atoms with Gasteiger partial charge in [0, 0.05) is 13.0 Å². The summed E-state index contributed by atoms with van der Waals surface area (Å²) in [6.07, 6.45) is 44.2. The highest BCUT2D eigenvalue weighted by atomic mass is 16.2. The smallest absolute Gasteiger partial charge is 0.226 e. The van der Waals surface area contributed by atoms with Crippen molar-refractivity contribution in [3.63, 3.8) is 0 Å². The Morgan fingerprint density at radius 3 is 0.955 bits per heavy atom. The number of amides is 1. The van der Waals surface area contributed by atoms with Crippen LogP contribution in [0, 0.1) is 0 Å². The number of likely N-dealkylation sites (tertiary alicyclic amines) is 1. The number of unbranched alkanes of at least 4 members (excludes halogenated alkanes) is 27. The topological polar surface area (TPSA) is 20.3 Å². The van der Waals surface area contributed by atoms with Gasteiger partial charge < -0.3 is 4.48 Å². The van der Waals surface area contributed by atoms with Crippen LogP contribution in [0.3, 0.4) is 0 Å². The first-order chi connectivity index (χ1) is 21.7. The molecule has 0 atom stereocenters. The SMILES string of the molecule is CCCCCCCCCCCCCCCC[N+](CCCCCCCCCC)(CCCCCCCCCC)CN1CCCC1=O. The molecule has 1 rings (SSSR count). The fourth-order valence-electron chi connectivity index (χ4n) is 7.57. The minimum atomic E-state index is 0.431. The number of carbonyl (C=O) groups is 1. The van der Waals surface area contributed by atoms with Crippen LogP contribution in [0.5, 0.6) is 0 Å². The molecule has 262 valence electrons. The van der Waals surface area contributed by atoms with Gasteiger partial charge >= 0.3 is 0 Å². The van der Waals surface area contributed by atoms with Crippen molar-refractivity contribution < 1.29 is 9.28 Å². The number of hydrogen-bond acceptors (Lipinski definition) is 1. The summed E-state index contributed by atoms with van der Waals surface area (Å²) in [6, 6.07) is 0. The van der Waals surface area contributed by atoms with E-state index in [1.165, 1.54) is 217 Å². The zero-order valence-corrected chi connectivity index (χ0v) is 31.0. The molecule has 0 N–H and O–H groups in total. The van der Waals surface area contributed by atoms with Gasteiger partial charge in [0.05, 0.1) is 19.6 Å². The first-order valence-corrected chi connectivity index (χ1v) is 20.8. The Morgan fingerprint density at radius 1 is 0.432 bits per heavy atom. The highest BCUT2D eigenvalue weighted by molar-refractivity contribution is 5.77. The molecular formula is C41H83N2O+. The summed E-state index contributed by atoms with van der Waals surface area (Å²) in [5, 5.41) is 0. The minimum absolute atomic E-state index is 0.431. The molecule has 1 saturated heterocycles. The Kier molecular flexibility index (Phi) is 29.3. The monoisotopic (exact) mass is 620 g/mol. The van der Waals surface area contributed by atoms with Crippen molar-refractivity contribution in [2.24, 2.45) is 0 Å². The molecule has 44 heavy (non-hydrogen) atoms.